The van der Waals surface area contributed by atoms with Gasteiger partial charge in [0.15, 0.2) is 0 Å². The molecular formula is C16H18Cl2N4O. The van der Waals surface area contributed by atoms with Crippen LogP contribution in [0.4, 0.5) is 0 Å². The Morgan fingerprint density at radius 1 is 1.35 bits per heavy atom. The van der Waals surface area contributed by atoms with Crippen LogP contribution in [0.2, 0.25) is 0 Å². The lowest BCUT2D eigenvalue weighted by Gasteiger charge is -2.29. The molecule has 3 rings (SSSR count). The van der Waals surface area contributed by atoms with Crippen molar-refractivity contribution in [2.75, 3.05) is 7.05 Å². The van der Waals surface area contributed by atoms with E-state index in [1.54, 1.807) is 23.0 Å². The average Bonchev–Trinajstić information content (AvgIpc) is 2.92. The number of rotatable bonds is 4. The van der Waals surface area contributed by atoms with Gasteiger partial charge in [-0.1, -0.05) is 12.1 Å². The Morgan fingerprint density at radius 2 is 1.96 bits per heavy atom. The van der Waals surface area contributed by atoms with Gasteiger partial charge in [0.05, 0.1) is 17.1 Å². The number of nitrogens with zero attached hydrogens (tertiary/aromatic N) is 4. The molecule has 23 heavy (non-hydrogen) atoms. The molecule has 1 fully saturated rings. The fourth-order valence-corrected chi connectivity index (χ4v) is 3.36. The zero-order chi connectivity index (χ0) is 16.8. The molecule has 1 aromatic heterocycles. The quantitative estimate of drug-likeness (QED) is 0.792. The average molecular weight is 353 g/mol. The van der Waals surface area contributed by atoms with Gasteiger partial charge in [0.25, 0.3) is 0 Å². The van der Waals surface area contributed by atoms with Crippen molar-refractivity contribution >= 4 is 29.1 Å². The minimum absolute atomic E-state index is 0.0321. The molecule has 0 spiro atoms. The molecule has 5 nitrogen and oxygen atoms in total. The summed E-state index contributed by atoms with van der Waals surface area (Å²) in [5.41, 5.74) is 1.26. The summed E-state index contributed by atoms with van der Waals surface area (Å²) in [5, 5.41) is 4.09. The zero-order valence-electron chi connectivity index (χ0n) is 13.2. The van der Waals surface area contributed by atoms with Crippen LogP contribution in [0.1, 0.15) is 31.9 Å². The van der Waals surface area contributed by atoms with E-state index in [-0.39, 0.29) is 11.9 Å². The fourth-order valence-electron chi connectivity index (χ4n) is 2.67. The molecule has 0 saturated heterocycles. The van der Waals surface area contributed by atoms with Crippen LogP contribution in [0.5, 0.6) is 0 Å². The molecule has 0 aliphatic heterocycles. The van der Waals surface area contributed by atoms with Crippen molar-refractivity contribution in [2.24, 2.45) is 5.41 Å². The Balaban J connectivity index is 1.75. The highest BCUT2D eigenvalue weighted by molar-refractivity contribution is 6.53. The van der Waals surface area contributed by atoms with Crippen LogP contribution in [-0.2, 0) is 4.79 Å². The van der Waals surface area contributed by atoms with E-state index in [1.807, 2.05) is 38.1 Å². The Hall–Kier alpha value is -1.59. The Morgan fingerprint density at radius 3 is 2.43 bits per heavy atom. The lowest BCUT2D eigenvalue weighted by molar-refractivity contribution is -0.137. The van der Waals surface area contributed by atoms with E-state index in [1.165, 1.54) is 6.33 Å². The first-order valence-electron chi connectivity index (χ1n) is 7.36. The Kier molecular flexibility index (Phi) is 3.89. The number of carbonyl (C=O) groups excluding carboxylic acids is 1. The van der Waals surface area contributed by atoms with Crippen LogP contribution >= 0.6 is 23.2 Å². The van der Waals surface area contributed by atoms with Gasteiger partial charge in [-0.15, -0.1) is 23.2 Å². The normalized spacial score (nSPS) is 23.3. The molecule has 2 aromatic rings. The van der Waals surface area contributed by atoms with Crippen LogP contribution in [0, 0.1) is 5.41 Å². The lowest BCUT2D eigenvalue weighted by atomic mass is 10.0. The first kappa shape index (κ1) is 16.3. The van der Waals surface area contributed by atoms with Gasteiger partial charge in [0.2, 0.25) is 5.91 Å². The van der Waals surface area contributed by atoms with Gasteiger partial charge in [-0.3, -0.25) is 4.79 Å². The second kappa shape index (κ2) is 5.49. The van der Waals surface area contributed by atoms with Crippen molar-refractivity contribution in [3.8, 4) is 5.69 Å². The highest BCUT2D eigenvalue weighted by atomic mass is 35.5. The topological polar surface area (TPSA) is 51.0 Å². The maximum Gasteiger partial charge on any atom is 0.231 e. The summed E-state index contributed by atoms with van der Waals surface area (Å²) in [4.78, 5) is 18.3. The molecular weight excluding hydrogens is 335 g/mol. The molecule has 1 heterocycles. The van der Waals surface area contributed by atoms with Crippen LogP contribution in [0.15, 0.2) is 36.9 Å². The number of benzene rings is 1. The molecule has 1 aromatic carbocycles. The summed E-state index contributed by atoms with van der Waals surface area (Å²) in [5.74, 6) is -0.0321. The Bertz CT molecular complexity index is 714. The van der Waals surface area contributed by atoms with Crippen LogP contribution < -0.4 is 0 Å². The molecule has 1 aliphatic rings. The molecule has 2 atom stereocenters. The number of halogens is 2. The van der Waals surface area contributed by atoms with Crippen LogP contribution in [0.25, 0.3) is 5.69 Å². The number of hydrogen-bond donors (Lipinski definition) is 0. The maximum atomic E-state index is 12.6. The predicted octanol–water partition coefficient (Wildman–Crippen LogP) is 3.37. The number of aromatic nitrogens is 3. The summed E-state index contributed by atoms with van der Waals surface area (Å²) >= 11 is 12.2. The second-order valence-corrected chi connectivity index (χ2v) is 7.72. The summed E-state index contributed by atoms with van der Waals surface area (Å²) in [7, 11) is 1.78. The summed E-state index contributed by atoms with van der Waals surface area (Å²) in [6.07, 6.45) is 3.62. The smallest absolute Gasteiger partial charge is 0.231 e. The van der Waals surface area contributed by atoms with Gasteiger partial charge >= 0.3 is 0 Å². The summed E-state index contributed by atoms with van der Waals surface area (Å²) in [6.45, 7) is 3.80. The largest absolute Gasteiger partial charge is 0.338 e. The summed E-state index contributed by atoms with van der Waals surface area (Å²) in [6, 6.07) is 7.79. The number of hydrogen-bond acceptors (Lipinski definition) is 3. The molecule has 0 bridgehead atoms. The number of amides is 1. The van der Waals surface area contributed by atoms with Crippen LogP contribution in [-0.4, -0.2) is 37.0 Å². The SMILES string of the molecule is CC(c1ccc(-n2cncn2)cc1)N(C)C(=O)C1(C)CC1(Cl)Cl. The molecule has 1 aliphatic carbocycles. The van der Waals surface area contributed by atoms with Crippen molar-refractivity contribution in [3.63, 3.8) is 0 Å². The van der Waals surface area contributed by atoms with E-state index < -0.39 is 9.75 Å². The molecule has 2 unspecified atom stereocenters. The molecule has 7 heteroatoms. The molecule has 1 amide bonds. The lowest BCUT2D eigenvalue weighted by Crippen LogP contribution is -2.37. The van der Waals surface area contributed by atoms with Crippen molar-refractivity contribution < 1.29 is 4.79 Å². The van der Waals surface area contributed by atoms with Gasteiger partial charge in [-0.25, -0.2) is 9.67 Å². The monoisotopic (exact) mass is 352 g/mol. The van der Waals surface area contributed by atoms with E-state index in [2.05, 4.69) is 10.1 Å². The van der Waals surface area contributed by atoms with Gasteiger partial charge < -0.3 is 4.90 Å². The van der Waals surface area contributed by atoms with E-state index >= 15 is 0 Å². The standard InChI is InChI=1S/C16H18Cl2N4O/c1-11(21(3)14(23)15(2)8-16(15,17)18)12-4-6-13(7-5-12)22-10-19-9-20-22/h4-7,9-11H,8H2,1-3H3. The fraction of sp³-hybridized carbons (Fsp3) is 0.438. The molecule has 0 N–H and O–H groups in total. The van der Waals surface area contributed by atoms with Crippen LogP contribution in [0.3, 0.4) is 0 Å². The first-order valence-corrected chi connectivity index (χ1v) is 8.12. The van der Waals surface area contributed by atoms with Crippen molar-refractivity contribution in [3.05, 3.63) is 42.5 Å². The maximum absolute atomic E-state index is 12.6. The first-order chi connectivity index (χ1) is 10.8. The van der Waals surface area contributed by atoms with E-state index in [9.17, 15) is 4.79 Å². The number of alkyl halides is 2. The van der Waals surface area contributed by atoms with Gasteiger partial charge in [0.1, 0.15) is 17.0 Å². The van der Waals surface area contributed by atoms with E-state index in [0.717, 1.165) is 11.3 Å². The zero-order valence-corrected chi connectivity index (χ0v) is 14.7. The van der Waals surface area contributed by atoms with Crippen molar-refractivity contribution in [1.29, 1.82) is 0 Å². The third kappa shape index (κ3) is 2.72. The molecule has 0 radical (unpaired) electrons. The number of carbonyl (C=O) groups is 1. The van der Waals surface area contributed by atoms with Gasteiger partial charge in [0, 0.05) is 7.05 Å². The summed E-state index contributed by atoms with van der Waals surface area (Å²) < 4.78 is 0.735. The minimum Gasteiger partial charge on any atom is -0.338 e. The van der Waals surface area contributed by atoms with Gasteiger partial charge in [-0.05, 0) is 38.0 Å². The Labute approximate surface area is 145 Å². The minimum atomic E-state index is -0.949. The van der Waals surface area contributed by atoms with Gasteiger partial charge in [-0.2, -0.15) is 5.10 Å². The highest BCUT2D eigenvalue weighted by Crippen LogP contribution is 2.64. The van der Waals surface area contributed by atoms with E-state index in [0.29, 0.717) is 6.42 Å². The third-order valence-electron chi connectivity index (χ3n) is 4.69. The second-order valence-electron chi connectivity index (χ2n) is 6.24. The molecule has 1 saturated carbocycles. The van der Waals surface area contributed by atoms with Crippen molar-refractivity contribution in [2.45, 2.75) is 30.6 Å². The third-order valence-corrected chi connectivity index (χ3v) is 5.79. The molecule has 122 valence electrons. The predicted molar refractivity (Wildman–Crippen MR) is 89.7 cm³/mol. The van der Waals surface area contributed by atoms with Crippen molar-refractivity contribution in [1.82, 2.24) is 19.7 Å². The highest BCUT2D eigenvalue weighted by Gasteiger charge is 2.68. The van der Waals surface area contributed by atoms with E-state index in [4.69, 9.17) is 23.2 Å².